The molecule has 2 heterocycles. The Hall–Kier alpha value is -1.13. The fraction of sp³-hybridized carbons (Fsp3) is 0.667. The molecule has 1 atom stereocenters. The predicted octanol–water partition coefficient (Wildman–Crippen LogP) is 1.94. The van der Waals surface area contributed by atoms with E-state index >= 15 is 0 Å². The molecular weight excluding hydrogens is 240 g/mol. The van der Waals surface area contributed by atoms with Gasteiger partial charge in [0.05, 0.1) is 19.3 Å². The van der Waals surface area contributed by atoms with Crippen molar-refractivity contribution in [2.45, 2.75) is 33.3 Å². The number of ether oxygens (including phenoxy) is 1. The van der Waals surface area contributed by atoms with Crippen molar-refractivity contribution in [2.75, 3.05) is 26.2 Å². The number of hydrogen-bond acceptors (Lipinski definition) is 3. The Balaban J connectivity index is 2.02. The van der Waals surface area contributed by atoms with E-state index in [1.54, 1.807) is 0 Å². The van der Waals surface area contributed by atoms with E-state index in [9.17, 15) is 4.79 Å². The molecule has 0 N–H and O–H groups in total. The molecule has 0 aliphatic carbocycles. The predicted molar refractivity (Wildman–Crippen MR) is 75.7 cm³/mol. The maximum Gasteiger partial charge on any atom is 0.178 e. The van der Waals surface area contributed by atoms with Crippen LogP contribution >= 0.6 is 0 Å². The summed E-state index contributed by atoms with van der Waals surface area (Å²) in [7, 11) is 2.00. The molecule has 1 aliphatic heterocycles. The van der Waals surface area contributed by atoms with Crippen LogP contribution in [-0.2, 0) is 11.8 Å². The molecule has 1 aliphatic rings. The largest absolute Gasteiger partial charge is 0.376 e. The average molecular weight is 264 g/mol. The van der Waals surface area contributed by atoms with Gasteiger partial charge in [-0.05, 0) is 26.3 Å². The van der Waals surface area contributed by atoms with Crippen LogP contribution in [0.25, 0.3) is 0 Å². The van der Waals surface area contributed by atoms with Gasteiger partial charge in [-0.15, -0.1) is 0 Å². The Bertz CT molecular complexity index is 465. The number of carbonyl (C=O) groups is 1. The standard InChI is InChI=1S/C15H24N2O2/c1-5-13-9-17(6-7-19-13)10-15(18)14-8-11(2)16(4)12(14)3/h8,13H,5-7,9-10H2,1-4H3. The second-order valence-corrected chi connectivity index (χ2v) is 5.40. The minimum Gasteiger partial charge on any atom is -0.376 e. The van der Waals surface area contributed by atoms with Crippen molar-refractivity contribution in [2.24, 2.45) is 7.05 Å². The molecule has 0 bridgehead atoms. The van der Waals surface area contributed by atoms with Gasteiger partial charge in [0, 0.05) is 37.1 Å². The Labute approximate surface area is 115 Å². The summed E-state index contributed by atoms with van der Waals surface area (Å²) in [5, 5.41) is 0. The summed E-state index contributed by atoms with van der Waals surface area (Å²) in [6.45, 7) is 9.13. The number of rotatable bonds is 4. The van der Waals surface area contributed by atoms with E-state index in [1.165, 1.54) is 0 Å². The average Bonchev–Trinajstić information content (AvgIpc) is 2.67. The van der Waals surface area contributed by atoms with Crippen LogP contribution in [0.3, 0.4) is 0 Å². The molecule has 0 amide bonds. The molecule has 4 nitrogen and oxygen atoms in total. The molecule has 0 radical (unpaired) electrons. The van der Waals surface area contributed by atoms with Crippen LogP contribution < -0.4 is 0 Å². The Kier molecular flexibility index (Phi) is 4.42. The molecule has 1 aromatic rings. The number of hydrogen-bond donors (Lipinski definition) is 0. The van der Waals surface area contributed by atoms with E-state index in [0.717, 1.165) is 43.1 Å². The highest BCUT2D eigenvalue weighted by Crippen LogP contribution is 2.15. The SMILES string of the molecule is CCC1CN(CC(=O)c2cc(C)n(C)c2C)CCO1. The van der Waals surface area contributed by atoms with E-state index in [1.807, 2.05) is 27.0 Å². The fourth-order valence-electron chi connectivity index (χ4n) is 2.60. The minimum atomic E-state index is 0.220. The molecule has 1 fully saturated rings. The van der Waals surface area contributed by atoms with Crippen LogP contribution in [0, 0.1) is 13.8 Å². The first-order valence-electron chi connectivity index (χ1n) is 7.03. The first kappa shape index (κ1) is 14.3. The Morgan fingerprint density at radius 1 is 1.47 bits per heavy atom. The fourth-order valence-corrected chi connectivity index (χ4v) is 2.60. The second kappa shape index (κ2) is 5.88. The number of aromatic nitrogens is 1. The molecule has 0 saturated carbocycles. The molecular formula is C15H24N2O2. The molecule has 0 aromatic carbocycles. The van der Waals surface area contributed by atoms with Gasteiger partial charge in [0.1, 0.15) is 0 Å². The quantitative estimate of drug-likeness (QED) is 0.779. The highest BCUT2D eigenvalue weighted by atomic mass is 16.5. The highest BCUT2D eigenvalue weighted by Gasteiger charge is 2.22. The van der Waals surface area contributed by atoms with E-state index in [-0.39, 0.29) is 11.9 Å². The first-order valence-corrected chi connectivity index (χ1v) is 7.03. The normalized spacial score (nSPS) is 20.7. The number of morpholine rings is 1. The number of nitrogens with zero attached hydrogens (tertiary/aromatic N) is 2. The zero-order valence-corrected chi connectivity index (χ0v) is 12.4. The summed E-state index contributed by atoms with van der Waals surface area (Å²) < 4.78 is 7.71. The lowest BCUT2D eigenvalue weighted by molar-refractivity contribution is -0.0271. The minimum absolute atomic E-state index is 0.220. The smallest absolute Gasteiger partial charge is 0.178 e. The van der Waals surface area contributed by atoms with Gasteiger partial charge >= 0.3 is 0 Å². The maximum absolute atomic E-state index is 12.4. The third-order valence-corrected chi connectivity index (χ3v) is 4.12. The lowest BCUT2D eigenvalue weighted by Crippen LogP contribution is -2.44. The van der Waals surface area contributed by atoms with Crippen molar-refractivity contribution in [1.82, 2.24) is 9.47 Å². The van der Waals surface area contributed by atoms with Crippen LogP contribution in [0.1, 0.15) is 35.1 Å². The van der Waals surface area contributed by atoms with Crippen molar-refractivity contribution >= 4 is 5.78 Å². The van der Waals surface area contributed by atoms with Crippen LogP contribution in [0.4, 0.5) is 0 Å². The van der Waals surface area contributed by atoms with E-state index in [0.29, 0.717) is 6.54 Å². The summed E-state index contributed by atoms with van der Waals surface area (Å²) >= 11 is 0. The Morgan fingerprint density at radius 2 is 2.21 bits per heavy atom. The number of Topliss-reactive ketones (excluding diaryl/α,β-unsaturated/α-hetero) is 1. The summed E-state index contributed by atoms with van der Waals surface area (Å²) in [5.74, 6) is 0.220. The molecule has 1 saturated heterocycles. The lowest BCUT2D eigenvalue weighted by Gasteiger charge is -2.31. The molecule has 106 valence electrons. The third-order valence-electron chi connectivity index (χ3n) is 4.12. The van der Waals surface area contributed by atoms with Gasteiger partial charge < -0.3 is 9.30 Å². The number of aryl methyl sites for hydroxylation is 1. The molecule has 2 rings (SSSR count). The van der Waals surface area contributed by atoms with Gasteiger partial charge in [0.25, 0.3) is 0 Å². The van der Waals surface area contributed by atoms with Crippen molar-refractivity contribution in [3.05, 3.63) is 23.0 Å². The van der Waals surface area contributed by atoms with Crippen LogP contribution in [-0.4, -0.2) is 47.6 Å². The zero-order chi connectivity index (χ0) is 14.0. The van der Waals surface area contributed by atoms with E-state index in [2.05, 4.69) is 16.4 Å². The lowest BCUT2D eigenvalue weighted by atomic mass is 10.1. The van der Waals surface area contributed by atoms with Gasteiger partial charge in [-0.1, -0.05) is 6.92 Å². The molecule has 0 spiro atoms. The van der Waals surface area contributed by atoms with Crippen molar-refractivity contribution in [1.29, 1.82) is 0 Å². The molecule has 4 heteroatoms. The van der Waals surface area contributed by atoms with Crippen LogP contribution in [0.5, 0.6) is 0 Å². The van der Waals surface area contributed by atoms with Crippen LogP contribution in [0.15, 0.2) is 6.07 Å². The highest BCUT2D eigenvalue weighted by molar-refractivity contribution is 5.99. The summed E-state index contributed by atoms with van der Waals surface area (Å²) in [4.78, 5) is 14.6. The van der Waals surface area contributed by atoms with E-state index in [4.69, 9.17) is 4.74 Å². The molecule has 1 aromatic heterocycles. The van der Waals surface area contributed by atoms with Crippen molar-refractivity contribution < 1.29 is 9.53 Å². The van der Waals surface area contributed by atoms with E-state index < -0.39 is 0 Å². The van der Waals surface area contributed by atoms with Gasteiger partial charge in [0.15, 0.2) is 5.78 Å². The van der Waals surface area contributed by atoms with Gasteiger partial charge in [-0.25, -0.2) is 0 Å². The summed E-state index contributed by atoms with van der Waals surface area (Å²) in [5.41, 5.74) is 3.05. The Morgan fingerprint density at radius 3 is 2.79 bits per heavy atom. The summed E-state index contributed by atoms with van der Waals surface area (Å²) in [6.07, 6.45) is 1.29. The van der Waals surface area contributed by atoms with Gasteiger partial charge in [-0.3, -0.25) is 9.69 Å². The van der Waals surface area contributed by atoms with Crippen molar-refractivity contribution in [3.8, 4) is 0 Å². The monoisotopic (exact) mass is 264 g/mol. The van der Waals surface area contributed by atoms with Crippen LogP contribution in [0.2, 0.25) is 0 Å². The van der Waals surface area contributed by atoms with Crippen molar-refractivity contribution in [3.63, 3.8) is 0 Å². The summed E-state index contributed by atoms with van der Waals surface area (Å²) in [6, 6.07) is 2.00. The number of ketones is 1. The molecule has 19 heavy (non-hydrogen) atoms. The topological polar surface area (TPSA) is 34.5 Å². The molecule has 1 unspecified atom stereocenters. The van der Waals surface area contributed by atoms with Gasteiger partial charge in [-0.2, -0.15) is 0 Å². The zero-order valence-electron chi connectivity index (χ0n) is 12.4. The first-order chi connectivity index (χ1) is 9.02. The third kappa shape index (κ3) is 3.07. The maximum atomic E-state index is 12.4. The van der Waals surface area contributed by atoms with Gasteiger partial charge in [0.2, 0.25) is 0 Å². The number of carbonyl (C=O) groups excluding carboxylic acids is 1. The second-order valence-electron chi connectivity index (χ2n) is 5.40.